The molecule has 0 radical (unpaired) electrons. The maximum Gasteiger partial charge on any atom is 0.234 e. The Morgan fingerprint density at radius 1 is 1.20 bits per heavy atom. The van der Waals surface area contributed by atoms with E-state index in [0.29, 0.717) is 56.5 Å². The lowest BCUT2D eigenvalue weighted by atomic mass is 9.76. The summed E-state index contributed by atoms with van der Waals surface area (Å²) in [6.07, 6.45) is 1.65. The van der Waals surface area contributed by atoms with Crippen LogP contribution in [0.15, 0.2) is 69.5 Å². The van der Waals surface area contributed by atoms with E-state index in [1.54, 1.807) is 42.3 Å². The third-order valence-corrected chi connectivity index (χ3v) is 8.99. The number of nitrogens with two attached hydrogens (primary N) is 1. The highest BCUT2D eigenvalue weighted by Gasteiger charge is 2.41. The summed E-state index contributed by atoms with van der Waals surface area (Å²) in [5.41, 5.74) is 9.46. The Hall–Kier alpha value is -4.05. The summed E-state index contributed by atoms with van der Waals surface area (Å²) in [5.74, 6) is 0.508. The highest BCUT2D eigenvalue weighted by atomic mass is 35.5. The molecule has 0 spiro atoms. The number of rotatable bonds is 8. The molecule has 41 heavy (non-hydrogen) atoms. The molecule has 1 unspecified atom stereocenters. The van der Waals surface area contributed by atoms with Gasteiger partial charge in [0.2, 0.25) is 11.0 Å². The number of anilines is 2. The lowest BCUT2D eigenvalue weighted by Gasteiger charge is -2.38. The first-order valence-corrected chi connectivity index (χ1v) is 14.7. The number of carbonyl (C=O) groups is 2. The van der Waals surface area contributed by atoms with Crippen LogP contribution in [0.2, 0.25) is 5.02 Å². The largest absolute Gasteiger partial charge is 0.493 e. The number of ether oxygens (including phenoxy) is 2. The van der Waals surface area contributed by atoms with Crippen molar-refractivity contribution < 1.29 is 19.1 Å². The molecule has 210 valence electrons. The average molecular weight is 609 g/mol. The van der Waals surface area contributed by atoms with Gasteiger partial charge in [0.25, 0.3) is 0 Å². The molecule has 5 rings (SSSR count). The number of benzene rings is 2. The van der Waals surface area contributed by atoms with Gasteiger partial charge in [-0.15, -0.1) is 10.2 Å². The number of nitriles is 1. The first kappa shape index (κ1) is 28.5. The van der Waals surface area contributed by atoms with Gasteiger partial charge in [0.1, 0.15) is 5.82 Å². The van der Waals surface area contributed by atoms with Crippen molar-refractivity contribution in [1.82, 2.24) is 10.2 Å². The quantitative estimate of drug-likeness (QED) is 0.326. The van der Waals surface area contributed by atoms with Gasteiger partial charge in [-0.25, -0.2) is 0 Å². The molecule has 2 aromatic carbocycles. The maximum absolute atomic E-state index is 13.3. The van der Waals surface area contributed by atoms with Crippen LogP contribution in [0.3, 0.4) is 0 Å². The van der Waals surface area contributed by atoms with Crippen molar-refractivity contribution >= 4 is 57.2 Å². The number of hydrogen-bond donors (Lipinski definition) is 2. The van der Waals surface area contributed by atoms with Crippen LogP contribution >= 0.6 is 34.7 Å². The van der Waals surface area contributed by atoms with Gasteiger partial charge in [-0.05, 0) is 42.7 Å². The summed E-state index contributed by atoms with van der Waals surface area (Å²) in [7, 11) is 3.06. The predicted molar refractivity (Wildman–Crippen MR) is 158 cm³/mol. The van der Waals surface area contributed by atoms with Crippen molar-refractivity contribution in [3.8, 4) is 17.6 Å². The van der Waals surface area contributed by atoms with Crippen LogP contribution in [0.1, 0.15) is 30.7 Å². The molecule has 3 N–H and O–H groups in total. The highest BCUT2D eigenvalue weighted by Crippen LogP contribution is 2.47. The molecule has 0 saturated carbocycles. The Kier molecular flexibility index (Phi) is 8.49. The number of methoxy groups -OCH3 is 2. The van der Waals surface area contributed by atoms with E-state index in [4.69, 9.17) is 26.8 Å². The molecule has 1 aliphatic heterocycles. The molecule has 2 heterocycles. The second-order valence-corrected chi connectivity index (χ2v) is 11.7. The average Bonchev–Trinajstić information content (AvgIpc) is 3.44. The lowest BCUT2D eigenvalue weighted by Crippen LogP contribution is -2.38. The molecular formula is C28H25ClN6O4S2. The van der Waals surface area contributed by atoms with Gasteiger partial charge in [-0.1, -0.05) is 46.8 Å². The van der Waals surface area contributed by atoms with E-state index in [1.165, 1.54) is 30.2 Å². The third-order valence-electron chi connectivity index (χ3n) is 6.70. The summed E-state index contributed by atoms with van der Waals surface area (Å²) in [6.45, 7) is 0. The van der Waals surface area contributed by atoms with Gasteiger partial charge in [-0.2, -0.15) is 5.26 Å². The number of thioether (sulfide) groups is 1. The summed E-state index contributed by atoms with van der Waals surface area (Å²) < 4.78 is 11.1. The SMILES string of the molecule is COc1ccc(NC(=O)CSc2nnc(N3C(N)=C(C#N)C(c4ccc(Cl)cc4)C4=C3CCCC4=O)s2)cc1OC. The topological polar surface area (TPSA) is 143 Å². The monoisotopic (exact) mass is 608 g/mol. The predicted octanol–water partition coefficient (Wildman–Crippen LogP) is 5.24. The van der Waals surface area contributed by atoms with Crippen molar-refractivity contribution in [3.63, 3.8) is 0 Å². The summed E-state index contributed by atoms with van der Waals surface area (Å²) in [4.78, 5) is 27.5. The molecule has 1 atom stereocenters. The zero-order valence-electron chi connectivity index (χ0n) is 22.1. The van der Waals surface area contributed by atoms with Gasteiger partial charge in [0, 0.05) is 34.5 Å². The first-order valence-electron chi connectivity index (χ1n) is 12.5. The summed E-state index contributed by atoms with van der Waals surface area (Å²) in [6, 6.07) is 14.4. The number of carbonyl (C=O) groups excluding carboxylic acids is 2. The molecule has 13 heteroatoms. The normalized spacial score (nSPS) is 16.8. The molecule has 1 aliphatic carbocycles. The number of nitrogens with zero attached hydrogens (tertiary/aromatic N) is 4. The minimum absolute atomic E-state index is 0.0256. The van der Waals surface area contributed by atoms with Gasteiger partial charge in [-0.3, -0.25) is 14.5 Å². The van der Waals surface area contributed by atoms with Crippen molar-refractivity contribution in [2.24, 2.45) is 5.73 Å². The van der Waals surface area contributed by atoms with Crippen LogP contribution < -0.4 is 25.4 Å². The fourth-order valence-corrected chi connectivity index (χ4v) is 6.69. The van der Waals surface area contributed by atoms with Gasteiger partial charge < -0.3 is 20.5 Å². The molecule has 0 bridgehead atoms. The van der Waals surface area contributed by atoms with Crippen LogP contribution in [0.25, 0.3) is 0 Å². The minimum Gasteiger partial charge on any atom is -0.493 e. The van der Waals surface area contributed by atoms with Crippen LogP contribution in [0, 0.1) is 11.3 Å². The molecule has 0 saturated heterocycles. The zero-order chi connectivity index (χ0) is 29.1. The summed E-state index contributed by atoms with van der Waals surface area (Å²) in [5, 5.41) is 22.5. The van der Waals surface area contributed by atoms with Crippen LogP contribution in [-0.4, -0.2) is 41.9 Å². The fourth-order valence-electron chi connectivity index (χ4n) is 4.88. The Balaban J connectivity index is 1.37. The van der Waals surface area contributed by atoms with E-state index in [1.807, 2.05) is 12.1 Å². The Morgan fingerprint density at radius 3 is 2.66 bits per heavy atom. The van der Waals surface area contributed by atoms with Crippen LogP contribution in [-0.2, 0) is 9.59 Å². The number of Topliss-reactive ketones (excluding diaryl/α,β-unsaturated/α-hetero) is 1. The maximum atomic E-state index is 13.3. The van der Waals surface area contributed by atoms with Crippen LogP contribution in [0.5, 0.6) is 11.5 Å². The zero-order valence-corrected chi connectivity index (χ0v) is 24.5. The van der Waals surface area contributed by atoms with E-state index < -0.39 is 5.92 Å². The molecule has 1 aromatic heterocycles. The standard InChI is InChI=1S/C28H25ClN6O4S2/c1-38-21-11-10-17(12-22(21)39-2)32-23(37)14-40-28-34-33-27(41-28)35-19-4-3-5-20(36)25(19)24(18(13-30)26(35)31)15-6-8-16(29)9-7-15/h6-12,24H,3-5,14,31H2,1-2H3,(H,32,37). The van der Waals surface area contributed by atoms with E-state index in [9.17, 15) is 14.9 Å². The number of nitrogens with one attached hydrogen (secondary N) is 1. The number of allylic oxidation sites excluding steroid dienone is 3. The molecule has 2 aliphatic rings. The van der Waals surface area contributed by atoms with Crippen LogP contribution in [0.4, 0.5) is 10.8 Å². The number of amides is 1. The van der Waals surface area contributed by atoms with E-state index in [-0.39, 0.29) is 28.8 Å². The Morgan fingerprint density at radius 2 is 1.95 bits per heavy atom. The number of halogens is 1. The molecule has 10 nitrogen and oxygen atoms in total. The van der Waals surface area contributed by atoms with E-state index >= 15 is 0 Å². The number of ketones is 1. The highest BCUT2D eigenvalue weighted by molar-refractivity contribution is 8.01. The lowest BCUT2D eigenvalue weighted by molar-refractivity contribution is -0.116. The van der Waals surface area contributed by atoms with Crippen molar-refractivity contribution in [3.05, 3.63) is 75.7 Å². The smallest absolute Gasteiger partial charge is 0.234 e. The van der Waals surface area contributed by atoms with Crippen molar-refractivity contribution in [1.29, 1.82) is 5.26 Å². The van der Waals surface area contributed by atoms with Gasteiger partial charge >= 0.3 is 0 Å². The van der Waals surface area contributed by atoms with Gasteiger partial charge in [0.05, 0.1) is 37.5 Å². The van der Waals surface area contributed by atoms with Crippen molar-refractivity contribution in [2.45, 2.75) is 29.5 Å². The molecule has 0 fully saturated rings. The Labute approximate surface area is 249 Å². The molecular weight excluding hydrogens is 584 g/mol. The van der Waals surface area contributed by atoms with E-state index in [0.717, 1.165) is 11.3 Å². The third kappa shape index (κ3) is 5.74. The first-order chi connectivity index (χ1) is 19.8. The molecule has 3 aromatic rings. The van der Waals surface area contributed by atoms with Gasteiger partial charge in [0.15, 0.2) is 21.6 Å². The minimum atomic E-state index is -0.585. The molecule has 1 amide bonds. The number of hydrogen-bond acceptors (Lipinski definition) is 11. The second-order valence-electron chi connectivity index (χ2n) is 9.12. The second kappa shape index (κ2) is 12.2. The van der Waals surface area contributed by atoms with Crippen molar-refractivity contribution in [2.75, 3.05) is 30.2 Å². The summed E-state index contributed by atoms with van der Waals surface area (Å²) >= 11 is 8.54. The van der Waals surface area contributed by atoms with E-state index in [2.05, 4.69) is 21.6 Å². The Bertz CT molecular complexity index is 1610. The fraction of sp³-hybridized carbons (Fsp3) is 0.250. The number of aromatic nitrogens is 2.